The van der Waals surface area contributed by atoms with Gasteiger partial charge in [0.25, 0.3) is 0 Å². The van der Waals surface area contributed by atoms with Crippen LogP contribution in [-0.4, -0.2) is 37.0 Å². The number of ether oxygens (including phenoxy) is 1. The standard InChI is InChI=1S/C20H26ClN3O.C3H6.CH4O/c1-3-20(10-13-22-12-5-4-11-21)19-7-6-14-24(19)18-9-8-16(25-2)15-17(18)23-20;1-3-2;1-2/h4,6-9,11,14-15,22-23H,3,5,10,12-13H2,1-2H3;3H,1H2,2H3;2H,1H3/b11-4+;;. The van der Waals surface area contributed by atoms with Crippen LogP contribution in [0.2, 0.25) is 0 Å². The van der Waals surface area contributed by atoms with Gasteiger partial charge in [-0.25, -0.2) is 0 Å². The van der Waals surface area contributed by atoms with Crippen molar-refractivity contribution in [1.29, 1.82) is 0 Å². The summed E-state index contributed by atoms with van der Waals surface area (Å²) in [4.78, 5) is 0. The molecule has 1 unspecified atom stereocenters. The van der Waals surface area contributed by atoms with E-state index in [4.69, 9.17) is 21.4 Å². The molecule has 0 bridgehead atoms. The van der Waals surface area contributed by atoms with Crippen molar-refractivity contribution in [2.24, 2.45) is 0 Å². The third-order valence-corrected chi connectivity index (χ3v) is 5.16. The Kier molecular flexibility index (Phi) is 12.0. The topological polar surface area (TPSA) is 58.5 Å². The Hall–Kier alpha value is -2.21. The van der Waals surface area contributed by atoms with Crippen LogP contribution in [0, 0.1) is 0 Å². The molecule has 1 aromatic carbocycles. The number of rotatable bonds is 8. The van der Waals surface area contributed by atoms with Gasteiger partial charge in [-0.2, -0.15) is 0 Å². The second kappa shape index (κ2) is 13.9. The van der Waals surface area contributed by atoms with Crippen LogP contribution in [0.15, 0.2) is 60.8 Å². The lowest BCUT2D eigenvalue weighted by molar-refractivity contribution is 0.394. The first-order valence-corrected chi connectivity index (χ1v) is 10.7. The van der Waals surface area contributed by atoms with Gasteiger partial charge in [0.1, 0.15) is 5.75 Å². The van der Waals surface area contributed by atoms with E-state index in [9.17, 15) is 0 Å². The molecule has 0 aliphatic carbocycles. The SMILES string of the molecule is C=CC.CCC1(CCNCC/C=C/Cl)Nc2cc(OC)ccc2-n2cccc21.CO. The van der Waals surface area contributed by atoms with Gasteiger partial charge in [0, 0.05) is 30.6 Å². The number of fused-ring (bicyclic) bond motifs is 3. The molecule has 2 heterocycles. The summed E-state index contributed by atoms with van der Waals surface area (Å²) < 4.78 is 7.71. The van der Waals surface area contributed by atoms with Gasteiger partial charge >= 0.3 is 0 Å². The normalized spacial score (nSPS) is 16.2. The van der Waals surface area contributed by atoms with Crippen molar-refractivity contribution in [3.05, 3.63) is 66.5 Å². The van der Waals surface area contributed by atoms with Gasteiger partial charge < -0.3 is 25.0 Å². The van der Waals surface area contributed by atoms with Gasteiger partial charge in [-0.1, -0.05) is 30.7 Å². The Morgan fingerprint density at radius 1 is 1.30 bits per heavy atom. The summed E-state index contributed by atoms with van der Waals surface area (Å²) in [5.74, 6) is 0.873. The summed E-state index contributed by atoms with van der Waals surface area (Å²) in [6.45, 7) is 9.38. The summed E-state index contributed by atoms with van der Waals surface area (Å²) in [5.41, 5.74) is 5.10. The van der Waals surface area contributed by atoms with E-state index in [-0.39, 0.29) is 5.54 Å². The van der Waals surface area contributed by atoms with Crippen LogP contribution in [0.5, 0.6) is 5.75 Å². The minimum atomic E-state index is -0.0851. The number of benzene rings is 1. The van der Waals surface area contributed by atoms with Crippen LogP contribution in [0.25, 0.3) is 5.69 Å². The first-order valence-electron chi connectivity index (χ1n) is 10.3. The first-order chi connectivity index (χ1) is 14.7. The van der Waals surface area contributed by atoms with Crippen molar-refractivity contribution in [1.82, 2.24) is 9.88 Å². The van der Waals surface area contributed by atoms with Crippen molar-refractivity contribution in [3.63, 3.8) is 0 Å². The minimum Gasteiger partial charge on any atom is -0.497 e. The van der Waals surface area contributed by atoms with Gasteiger partial charge in [0.05, 0.1) is 24.0 Å². The van der Waals surface area contributed by atoms with Crippen LogP contribution in [0.4, 0.5) is 5.69 Å². The molecule has 0 radical (unpaired) electrons. The number of nitrogens with zero attached hydrogens (tertiary/aromatic N) is 1. The average molecular weight is 434 g/mol. The zero-order valence-electron chi connectivity index (χ0n) is 18.6. The molecule has 1 atom stereocenters. The van der Waals surface area contributed by atoms with Crippen molar-refractivity contribution in [3.8, 4) is 11.4 Å². The van der Waals surface area contributed by atoms with E-state index in [1.165, 1.54) is 11.4 Å². The molecule has 1 aromatic heterocycles. The summed E-state index contributed by atoms with van der Waals surface area (Å²) >= 11 is 5.57. The highest BCUT2D eigenvalue weighted by molar-refractivity contribution is 6.25. The number of aromatic nitrogens is 1. The Labute approximate surface area is 186 Å². The van der Waals surface area contributed by atoms with E-state index >= 15 is 0 Å². The molecule has 1 aliphatic heterocycles. The fourth-order valence-electron chi connectivity index (χ4n) is 3.57. The molecule has 6 heteroatoms. The monoisotopic (exact) mass is 433 g/mol. The number of methoxy groups -OCH3 is 1. The summed E-state index contributed by atoms with van der Waals surface area (Å²) in [7, 11) is 2.71. The smallest absolute Gasteiger partial charge is 0.121 e. The van der Waals surface area contributed by atoms with E-state index in [2.05, 4.69) is 59.2 Å². The van der Waals surface area contributed by atoms with Gasteiger partial charge in [-0.3, -0.25) is 0 Å². The van der Waals surface area contributed by atoms with Gasteiger partial charge in [-0.05, 0) is 63.5 Å². The number of allylic oxidation sites excluding steroid dienone is 1. The fourth-order valence-corrected chi connectivity index (χ4v) is 3.69. The lowest BCUT2D eigenvalue weighted by Gasteiger charge is -2.41. The van der Waals surface area contributed by atoms with Crippen LogP contribution in [0.1, 0.15) is 38.8 Å². The van der Waals surface area contributed by atoms with Gasteiger partial charge in [0.2, 0.25) is 0 Å². The Morgan fingerprint density at radius 3 is 2.67 bits per heavy atom. The molecule has 0 amide bonds. The first kappa shape index (κ1) is 25.8. The number of anilines is 1. The zero-order chi connectivity index (χ0) is 22.4. The fraction of sp³-hybridized carbons (Fsp3) is 0.417. The number of hydrogen-bond acceptors (Lipinski definition) is 4. The molecule has 2 aromatic rings. The Morgan fingerprint density at radius 2 is 2.03 bits per heavy atom. The van der Waals surface area contributed by atoms with E-state index < -0.39 is 0 Å². The third-order valence-electron chi connectivity index (χ3n) is 4.99. The summed E-state index contributed by atoms with van der Waals surface area (Å²) in [6, 6.07) is 10.6. The number of halogens is 1. The highest BCUT2D eigenvalue weighted by Crippen LogP contribution is 2.42. The van der Waals surface area contributed by atoms with Crippen molar-refractivity contribution >= 4 is 17.3 Å². The van der Waals surface area contributed by atoms with E-state index in [1.54, 1.807) is 18.7 Å². The summed E-state index contributed by atoms with van der Waals surface area (Å²) in [6.07, 6.45) is 8.83. The lowest BCUT2D eigenvalue weighted by atomic mass is 9.85. The van der Waals surface area contributed by atoms with Crippen LogP contribution in [0.3, 0.4) is 0 Å². The molecular weight excluding hydrogens is 398 g/mol. The van der Waals surface area contributed by atoms with Crippen LogP contribution >= 0.6 is 11.6 Å². The molecular formula is C24H36ClN3O2. The predicted octanol–water partition coefficient (Wildman–Crippen LogP) is 5.44. The number of hydrogen-bond donors (Lipinski definition) is 3. The number of aliphatic hydroxyl groups is 1. The zero-order valence-corrected chi connectivity index (χ0v) is 19.4. The van der Waals surface area contributed by atoms with Crippen molar-refractivity contribution < 1.29 is 9.84 Å². The second-order valence-electron chi connectivity index (χ2n) is 6.77. The molecule has 0 saturated carbocycles. The van der Waals surface area contributed by atoms with E-state index in [0.717, 1.165) is 50.9 Å². The molecule has 0 fully saturated rings. The molecule has 5 nitrogen and oxygen atoms in total. The largest absolute Gasteiger partial charge is 0.497 e. The molecule has 30 heavy (non-hydrogen) atoms. The quantitative estimate of drug-likeness (QED) is 0.383. The highest BCUT2D eigenvalue weighted by atomic mass is 35.5. The maximum Gasteiger partial charge on any atom is 0.121 e. The maximum atomic E-state index is 7.00. The average Bonchev–Trinajstić information content (AvgIpc) is 3.28. The molecule has 3 rings (SSSR count). The Bertz CT molecular complexity index is 789. The molecule has 3 N–H and O–H groups in total. The predicted molar refractivity (Wildman–Crippen MR) is 129 cm³/mol. The van der Waals surface area contributed by atoms with Crippen LogP contribution in [-0.2, 0) is 5.54 Å². The second-order valence-corrected chi connectivity index (χ2v) is 7.02. The Balaban J connectivity index is 0.000000826. The molecule has 0 spiro atoms. The number of nitrogens with one attached hydrogen (secondary N) is 2. The van der Waals surface area contributed by atoms with Crippen molar-refractivity contribution in [2.45, 2.75) is 38.6 Å². The van der Waals surface area contributed by atoms with E-state index in [1.807, 2.05) is 19.1 Å². The van der Waals surface area contributed by atoms with Crippen LogP contribution < -0.4 is 15.4 Å². The number of aliphatic hydroxyl groups excluding tert-OH is 1. The molecule has 0 saturated heterocycles. The molecule has 1 aliphatic rings. The van der Waals surface area contributed by atoms with Gasteiger partial charge in [0.15, 0.2) is 0 Å². The highest BCUT2D eigenvalue weighted by Gasteiger charge is 2.37. The summed E-state index contributed by atoms with van der Waals surface area (Å²) in [5, 5.41) is 14.3. The van der Waals surface area contributed by atoms with Gasteiger partial charge in [-0.15, -0.1) is 6.58 Å². The van der Waals surface area contributed by atoms with Crippen molar-refractivity contribution in [2.75, 3.05) is 32.6 Å². The molecule has 166 valence electrons. The maximum absolute atomic E-state index is 7.00. The minimum absolute atomic E-state index is 0.0851. The van der Waals surface area contributed by atoms with E-state index in [0.29, 0.717) is 0 Å². The lowest BCUT2D eigenvalue weighted by Crippen LogP contribution is -2.42. The third kappa shape index (κ3) is 6.39.